The van der Waals surface area contributed by atoms with E-state index in [1.165, 1.54) is 5.56 Å². The molecule has 5 nitrogen and oxygen atoms in total. The molecular weight excluding hydrogens is 314 g/mol. The average molecular weight is 339 g/mol. The Morgan fingerprint density at radius 2 is 1.87 bits per heavy atom. The van der Waals surface area contributed by atoms with Crippen LogP contribution in [0.2, 0.25) is 0 Å². The fourth-order valence-corrected chi connectivity index (χ4v) is 4.21. The number of hydrogen-bond acceptors (Lipinski definition) is 4. The van der Waals surface area contributed by atoms with E-state index < -0.39 is 16.1 Å². The first kappa shape index (κ1) is 17.8. The lowest BCUT2D eigenvalue weighted by Crippen LogP contribution is -2.38. The van der Waals surface area contributed by atoms with Gasteiger partial charge in [-0.15, -0.1) is 0 Å². The van der Waals surface area contributed by atoms with Crippen LogP contribution >= 0.6 is 0 Å². The lowest BCUT2D eigenvalue weighted by molar-refractivity contribution is 0.130. The Hall–Kier alpha value is -1.56. The molecule has 0 spiro atoms. The van der Waals surface area contributed by atoms with Crippen LogP contribution in [0.5, 0.6) is 0 Å². The minimum absolute atomic E-state index is 0.148. The maximum atomic E-state index is 12.9. The molecule has 1 aromatic carbocycles. The van der Waals surface area contributed by atoms with Crippen LogP contribution in [0.1, 0.15) is 50.7 Å². The fourth-order valence-electron chi connectivity index (χ4n) is 2.80. The third kappa shape index (κ3) is 4.05. The van der Waals surface area contributed by atoms with Crippen molar-refractivity contribution in [2.45, 2.75) is 57.3 Å². The van der Waals surface area contributed by atoms with Crippen molar-refractivity contribution in [2.24, 2.45) is 0 Å². The number of benzene rings is 1. The molecule has 0 heterocycles. The first-order chi connectivity index (χ1) is 11.0. The van der Waals surface area contributed by atoms with Crippen molar-refractivity contribution in [2.75, 3.05) is 13.2 Å². The summed E-state index contributed by atoms with van der Waals surface area (Å²) in [6.45, 7) is 3.92. The van der Waals surface area contributed by atoms with Crippen LogP contribution in [-0.4, -0.2) is 32.0 Å². The van der Waals surface area contributed by atoms with Crippen LogP contribution in [-0.2, 0) is 27.6 Å². The Bertz CT molecular complexity index is 655. The highest BCUT2D eigenvalue weighted by atomic mass is 32.2. The molecule has 1 aliphatic carbocycles. The number of fused-ring (bicyclic) bond motifs is 1. The summed E-state index contributed by atoms with van der Waals surface area (Å²) < 4.78 is 31.5. The molecule has 0 unspecified atom stereocenters. The van der Waals surface area contributed by atoms with Crippen LogP contribution in [0.15, 0.2) is 23.1 Å². The van der Waals surface area contributed by atoms with Gasteiger partial charge in [-0.25, -0.2) is 17.5 Å². The van der Waals surface area contributed by atoms with Gasteiger partial charge in [0.05, 0.1) is 11.5 Å². The molecule has 0 atom stereocenters. The van der Waals surface area contributed by atoms with Crippen molar-refractivity contribution in [1.29, 1.82) is 0 Å². The molecule has 0 aliphatic heterocycles. The second-order valence-electron chi connectivity index (χ2n) is 5.77. The molecule has 1 aromatic rings. The summed E-state index contributed by atoms with van der Waals surface area (Å²) in [7, 11) is -3.87. The summed E-state index contributed by atoms with van der Waals surface area (Å²) in [4.78, 5) is 12.3. The van der Waals surface area contributed by atoms with Gasteiger partial charge in [0.15, 0.2) is 0 Å². The molecule has 0 N–H and O–H groups in total. The summed E-state index contributed by atoms with van der Waals surface area (Å²) in [5.74, 6) is 0. The van der Waals surface area contributed by atoms with Crippen LogP contribution in [0.4, 0.5) is 4.79 Å². The fraction of sp³-hybridized carbons (Fsp3) is 0.588. The molecule has 1 amide bonds. The van der Waals surface area contributed by atoms with Crippen LogP contribution in [0.25, 0.3) is 0 Å². The highest BCUT2D eigenvalue weighted by Gasteiger charge is 2.30. The summed E-state index contributed by atoms with van der Waals surface area (Å²) in [6.07, 6.45) is 4.73. The number of carbonyl (C=O) groups excluding carboxylic acids is 1. The van der Waals surface area contributed by atoms with E-state index in [1.807, 2.05) is 13.0 Å². The number of nitrogens with zero attached hydrogens (tertiary/aromatic N) is 1. The highest BCUT2D eigenvalue weighted by Crippen LogP contribution is 2.26. The van der Waals surface area contributed by atoms with E-state index in [-0.39, 0.29) is 18.0 Å². The number of amides is 1. The van der Waals surface area contributed by atoms with Crippen LogP contribution < -0.4 is 0 Å². The van der Waals surface area contributed by atoms with E-state index in [2.05, 4.69) is 0 Å². The van der Waals surface area contributed by atoms with E-state index in [0.717, 1.165) is 42.0 Å². The Kier molecular flexibility index (Phi) is 6.04. The van der Waals surface area contributed by atoms with Gasteiger partial charge < -0.3 is 4.74 Å². The third-order valence-electron chi connectivity index (χ3n) is 4.09. The average Bonchev–Trinajstić information content (AvgIpc) is 2.55. The molecule has 0 aromatic heterocycles. The summed E-state index contributed by atoms with van der Waals surface area (Å²) in [5.41, 5.74) is 2.29. The quantitative estimate of drug-likeness (QED) is 0.795. The van der Waals surface area contributed by atoms with Gasteiger partial charge in [0.25, 0.3) is 10.0 Å². The summed E-state index contributed by atoms with van der Waals surface area (Å²) in [5, 5.41) is 0. The number of ether oxygens (including phenoxy) is 1. The van der Waals surface area contributed by atoms with E-state index in [4.69, 9.17) is 4.74 Å². The Labute approximate surface area is 138 Å². The van der Waals surface area contributed by atoms with Gasteiger partial charge in [-0.2, -0.15) is 0 Å². The molecule has 23 heavy (non-hydrogen) atoms. The van der Waals surface area contributed by atoms with Gasteiger partial charge in [0.2, 0.25) is 0 Å². The van der Waals surface area contributed by atoms with Gasteiger partial charge >= 0.3 is 6.09 Å². The molecule has 0 saturated heterocycles. The number of rotatable bonds is 6. The predicted octanol–water partition coefficient (Wildman–Crippen LogP) is 3.51. The van der Waals surface area contributed by atoms with E-state index >= 15 is 0 Å². The monoisotopic (exact) mass is 339 g/mol. The highest BCUT2D eigenvalue weighted by molar-refractivity contribution is 7.89. The van der Waals surface area contributed by atoms with E-state index in [1.54, 1.807) is 19.1 Å². The number of unbranched alkanes of at least 4 members (excludes halogenated alkanes) is 1. The lowest BCUT2D eigenvalue weighted by Gasteiger charge is -2.23. The van der Waals surface area contributed by atoms with Gasteiger partial charge in [-0.05, 0) is 62.3 Å². The van der Waals surface area contributed by atoms with Gasteiger partial charge in [-0.3, -0.25) is 0 Å². The van der Waals surface area contributed by atoms with Gasteiger partial charge in [0, 0.05) is 6.54 Å². The summed E-state index contributed by atoms with van der Waals surface area (Å²) >= 11 is 0. The third-order valence-corrected chi connectivity index (χ3v) is 5.86. The second-order valence-corrected chi connectivity index (χ2v) is 7.63. The number of carbonyl (C=O) groups is 1. The topological polar surface area (TPSA) is 63.7 Å². The maximum Gasteiger partial charge on any atom is 0.423 e. The number of hydrogen-bond donors (Lipinski definition) is 0. The van der Waals surface area contributed by atoms with Gasteiger partial charge in [-0.1, -0.05) is 19.4 Å². The molecule has 0 saturated carbocycles. The SMILES string of the molecule is CCCCN(C(=O)OCC)S(=O)(=O)c1ccc2c(c1)CCCC2. The van der Waals surface area contributed by atoms with Crippen LogP contribution in [0, 0.1) is 0 Å². The Morgan fingerprint density at radius 3 is 2.52 bits per heavy atom. The molecule has 2 rings (SSSR count). The van der Waals surface area contributed by atoms with E-state index in [0.29, 0.717) is 6.42 Å². The number of sulfonamides is 1. The van der Waals surface area contributed by atoms with Crippen molar-refractivity contribution in [3.63, 3.8) is 0 Å². The standard InChI is InChI=1S/C17H25NO4S/c1-3-5-12-18(17(19)22-4-2)23(20,21)16-11-10-14-8-6-7-9-15(14)13-16/h10-11,13H,3-9,12H2,1-2H3. The van der Waals surface area contributed by atoms with E-state index in [9.17, 15) is 13.2 Å². The molecule has 6 heteroatoms. The normalized spacial score (nSPS) is 14.2. The first-order valence-electron chi connectivity index (χ1n) is 8.32. The van der Waals surface area contributed by atoms with Crippen LogP contribution in [0.3, 0.4) is 0 Å². The first-order valence-corrected chi connectivity index (χ1v) is 9.76. The maximum absolute atomic E-state index is 12.9. The Balaban J connectivity index is 2.34. The Morgan fingerprint density at radius 1 is 1.17 bits per heavy atom. The smallest absolute Gasteiger partial charge is 0.423 e. The van der Waals surface area contributed by atoms with Crippen molar-refractivity contribution >= 4 is 16.1 Å². The second kappa shape index (κ2) is 7.81. The molecule has 0 fully saturated rings. The predicted molar refractivity (Wildman–Crippen MR) is 88.9 cm³/mol. The zero-order valence-electron chi connectivity index (χ0n) is 13.9. The van der Waals surface area contributed by atoms with Crippen molar-refractivity contribution in [3.05, 3.63) is 29.3 Å². The van der Waals surface area contributed by atoms with Crippen molar-refractivity contribution < 1.29 is 17.9 Å². The zero-order valence-corrected chi connectivity index (χ0v) is 14.7. The zero-order chi connectivity index (χ0) is 16.9. The number of aryl methyl sites for hydroxylation is 2. The van der Waals surface area contributed by atoms with Crippen molar-refractivity contribution in [1.82, 2.24) is 4.31 Å². The molecule has 128 valence electrons. The minimum Gasteiger partial charge on any atom is -0.449 e. The largest absolute Gasteiger partial charge is 0.449 e. The minimum atomic E-state index is -3.87. The lowest BCUT2D eigenvalue weighted by atomic mass is 9.92. The van der Waals surface area contributed by atoms with Crippen molar-refractivity contribution in [3.8, 4) is 0 Å². The molecule has 0 radical (unpaired) electrons. The van der Waals surface area contributed by atoms with Gasteiger partial charge in [0.1, 0.15) is 0 Å². The summed E-state index contributed by atoms with van der Waals surface area (Å²) in [6, 6.07) is 5.21. The molecule has 0 bridgehead atoms. The molecule has 1 aliphatic rings. The molecular formula is C17H25NO4S.